The van der Waals surface area contributed by atoms with Crippen LogP contribution in [0.25, 0.3) is 0 Å². The molecule has 4 rings (SSSR count). The predicted octanol–water partition coefficient (Wildman–Crippen LogP) is 3.74. The van der Waals surface area contributed by atoms with E-state index in [1.807, 2.05) is 6.08 Å². The molecule has 0 aromatic heterocycles. The van der Waals surface area contributed by atoms with Crippen molar-refractivity contribution in [2.24, 2.45) is 35.0 Å². The first-order valence-corrected chi connectivity index (χ1v) is 8.92. The highest BCUT2D eigenvalue weighted by Crippen LogP contribution is 2.62. The van der Waals surface area contributed by atoms with E-state index in [0.29, 0.717) is 23.5 Å². The Morgan fingerprint density at radius 1 is 1.24 bits per heavy atom. The Hall–Kier alpha value is -0.630. The van der Waals surface area contributed by atoms with Crippen molar-refractivity contribution in [3.8, 4) is 0 Å². The van der Waals surface area contributed by atoms with Crippen molar-refractivity contribution >= 4 is 5.78 Å². The lowest BCUT2D eigenvalue weighted by molar-refractivity contribution is -0.116. The van der Waals surface area contributed by atoms with Crippen LogP contribution in [0.15, 0.2) is 11.6 Å². The van der Waals surface area contributed by atoms with Gasteiger partial charge in [0, 0.05) is 6.42 Å². The molecule has 4 aliphatic rings. The maximum Gasteiger partial charge on any atom is 0.155 e. The van der Waals surface area contributed by atoms with Crippen molar-refractivity contribution in [3.05, 3.63) is 11.6 Å². The van der Waals surface area contributed by atoms with E-state index in [1.54, 1.807) is 0 Å². The summed E-state index contributed by atoms with van der Waals surface area (Å²) in [5, 5.41) is 10.5. The van der Waals surface area contributed by atoms with E-state index in [1.165, 1.54) is 24.8 Å². The predicted molar refractivity (Wildman–Crippen MR) is 82.6 cm³/mol. The summed E-state index contributed by atoms with van der Waals surface area (Å²) in [7, 11) is 0. The number of rotatable bonds is 0. The second kappa shape index (κ2) is 4.68. The standard InChI is InChI=1S/C19H28O2/c1-11-9-12-10-13(20)3-4-14(12)15-7-8-19(2)16(18(11)15)5-6-17(19)21/h10-11,14-18,21H,3-9H2,1-2H3/t11-,14-,15-,16+,17+,18+,19-/m0/s1. The fraction of sp³-hybridized carbons (Fsp3) is 0.842. The minimum Gasteiger partial charge on any atom is -0.393 e. The molecule has 1 N–H and O–H groups in total. The average Bonchev–Trinajstić information content (AvgIpc) is 2.74. The van der Waals surface area contributed by atoms with Crippen LogP contribution < -0.4 is 0 Å². The van der Waals surface area contributed by atoms with Gasteiger partial charge in [0.2, 0.25) is 0 Å². The first-order chi connectivity index (χ1) is 10.0. The highest BCUT2D eigenvalue weighted by atomic mass is 16.3. The molecule has 0 aromatic rings. The molecule has 2 nitrogen and oxygen atoms in total. The zero-order valence-corrected chi connectivity index (χ0v) is 13.3. The summed E-state index contributed by atoms with van der Waals surface area (Å²) >= 11 is 0. The van der Waals surface area contributed by atoms with Gasteiger partial charge in [-0.3, -0.25) is 4.79 Å². The summed E-state index contributed by atoms with van der Waals surface area (Å²) in [5.74, 6) is 3.96. The second-order valence-corrected chi connectivity index (χ2v) is 8.50. The fourth-order valence-corrected chi connectivity index (χ4v) is 6.56. The van der Waals surface area contributed by atoms with Gasteiger partial charge in [0.1, 0.15) is 0 Å². The summed E-state index contributed by atoms with van der Waals surface area (Å²) in [6.07, 6.45) is 9.54. The molecule has 116 valence electrons. The number of hydrogen-bond acceptors (Lipinski definition) is 2. The van der Waals surface area contributed by atoms with E-state index in [0.717, 1.165) is 37.5 Å². The molecule has 0 amide bonds. The Bertz CT molecular complexity index is 494. The van der Waals surface area contributed by atoms with Crippen molar-refractivity contribution < 1.29 is 9.90 Å². The maximum absolute atomic E-state index is 11.8. The lowest BCUT2D eigenvalue weighted by atomic mass is 9.49. The molecule has 2 heteroatoms. The number of allylic oxidation sites excluding steroid dienone is 1. The molecule has 0 heterocycles. The molecule has 0 unspecified atom stereocenters. The van der Waals surface area contributed by atoms with Gasteiger partial charge in [-0.15, -0.1) is 0 Å². The Labute approximate surface area is 128 Å². The molecule has 7 atom stereocenters. The van der Waals surface area contributed by atoms with Crippen LogP contribution in [0, 0.1) is 35.0 Å². The molecule has 21 heavy (non-hydrogen) atoms. The van der Waals surface area contributed by atoms with Gasteiger partial charge in [-0.2, -0.15) is 0 Å². The van der Waals surface area contributed by atoms with E-state index in [9.17, 15) is 9.90 Å². The largest absolute Gasteiger partial charge is 0.393 e. The average molecular weight is 288 g/mol. The van der Waals surface area contributed by atoms with E-state index < -0.39 is 0 Å². The van der Waals surface area contributed by atoms with E-state index >= 15 is 0 Å². The van der Waals surface area contributed by atoms with Gasteiger partial charge in [0.25, 0.3) is 0 Å². The van der Waals surface area contributed by atoms with Crippen LogP contribution in [0.1, 0.15) is 58.8 Å². The number of aliphatic hydroxyl groups excluding tert-OH is 1. The van der Waals surface area contributed by atoms with E-state index in [4.69, 9.17) is 0 Å². The topological polar surface area (TPSA) is 37.3 Å². The van der Waals surface area contributed by atoms with Gasteiger partial charge in [-0.1, -0.05) is 19.4 Å². The highest BCUT2D eigenvalue weighted by molar-refractivity contribution is 5.91. The molecular formula is C19H28O2. The number of hydrogen-bond donors (Lipinski definition) is 1. The van der Waals surface area contributed by atoms with Crippen LogP contribution in [0.4, 0.5) is 0 Å². The van der Waals surface area contributed by atoms with Gasteiger partial charge in [-0.25, -0.2) is 0 Å². The van der Waals surface area contributed by atoms with Crippen LogP contribution in [-0.4, -0.2) is 17.0 Å². The number of ketones is 1. The molecule has 3 fully saturated rings. The van der Waals surface area contributed by atoms with E-state index in [-0.39, 0.29) is 11.5 Å². The number of carbonyl (C=O) groups excluding carboxylic acids is 1. The molecule has 0 aromatic carbocycles. The monoisotopic (exact) mass is 288 g/mol. The van der Waals surface area contributed by atoms with Crippen LogP contribution in [0.3, 0.4) is 0 Å². The number of carbonyl (C=O) groups is 1. The Balaban J connectivity index is 1.68. The molecule has 4 aliphatic carbocycles. The Kier molecular flexibility index (Phi) is 3.12. The lowest BCUT2D eigenvalue weighted by Gasteiger charge is -2.55. The molecule has 0 bridgehead atoms. The third-order valence-corrected chi connectivity index (χ3v) is 7.59. The SMILES string of the molecule is C[C@H]1CC2=CC(=O)CC[C@@H]2[C@@H]2CC[C@]3(C)[C@H](O)CC[C@@H]3[C@@H]21. The minimum absolute atomic E-state index is 0.0828. The second-order valence-electron chi connectivity index (χ2n) is 8.50. The summed E-state index contributed by atoms with van der Waals surface area (Å²) in [4.78, 5) is 11.8. The number of fused-ring (bicyclic) bond motifs is 5. The van der Waals surface area contributed by atoms with Crippen LogP contribution >= 0.6 is 0 Å². The highest BCUT2D eigenvalue weighted by Gasteiger charge is 2.57. The summed E-state index contributed by atoms with van der Waals surface area (Å²) in [6, 6.07) is 0. The summed E-state index contributed by atoms with van der Waals surface area (Å²) in [5.41, 5.74) is 1.63. The first-order valence-electron chi connectivity index (χ1n) is 8.92. The Morgan fingerprint density at radius 2 is 2.05 bits per heavy atom. The quantitative estimate of drug-likeness (QED) is 0.737. The third-order valence-electron chi connectivity index (χ3n) is 7.59. The molecule has 3 saturated carbocycles. The minimum atomic E-state index is -0.0828. The van der Waals surface area contributed by atoms with Crippen molar-refractivity contribution in [1.29, 1.82) is 0 Å². The maximum atomic E-state index is 11.8. The van der Waals surface area contributed by atoms with Crippen molar-refractivity contribution in [3.63, 3.8) is 0 Å². The normalized spacial score (nSPS) is 52.7. The fourth-order valence-electron chi connectivity index (χ4n) is 6.56. The Morgan fingerprint density at radius 3 is 2.86 bits per heavy atom. The smallest absolute Gasteiger partial charge is 0.155 e. The van der Waals surface area contributed by atoms with Crippen molar-refractivity contribution in [1.82, 2.24) is 0 Å². The molecular weight excluding hydrogens is 260 g/mol. The molecule has 0 aliphatic heterocycles. The van der Waals surface area contributed by atoms with Gasteiger partial charge in [0.05, 0.1) is 6.10 Å². The zero-order chi connectivity index (χ0) is 14.8. The summed E-state index contributed by atoms with van der Waals surface area (Å²) < 4.78 is 0. The first kappa shape index (κ1) is 14.0. The molecule has 0 saturated heterocycles. The van der Waals surface area contributed by atoms with Gasteiger partial charge < -0.3 is 5.11 Å². The lowest BCUT2D eigenvalue weighted by Crippen LogP contribution is -2.50. The van der Waals surface area contributed by atoms with Crippen molar-refractivity contribution in [2.75, 3.05) is 0 Å². The van der Waals surface area contributed by atoms with Gasteiger partial charge in [0.15, 0.2) is 5.78 Å². The van der Waals surface area contributed by atoms with Crippen molar-refractivity contribution in [2.45, 2.75) is 64.9 Å². The summed E-state index contributed by atoms with van der Waals surface area (Å²) in [6.45, 7) is 4.73. The number of aliphatic hydroxyl groups is 1. The van der Waals surface area contributed by atoms with E-state index in [2.05, 4.69) is 13.8 Å². The van der Waals surface area contributed by atoms with Crippen LogP contribution in [-0.2, 0) is 4.79 Å². The van der Waals surface area contributed by atoms with Gasteiger partial charge >= 0.3 is 0 Å². The molecule has 0 spiro atoms. The van der Waals surface area contributed by atoms with Gasteiger partial charge in [-0.05, 0) is 79.6 Å². The third kappa shape index (κ3) is 1.91. The van der Waals surface area contributed by atoms with Crippen LogP contribution in [0.5, 0.6) is 0 Å². The zero-order valence-electron chi connectivity index (χ0n) is 13.3. The molecule has 0 radical (unpaired) electrons. The van der Waals surface area contributed by atoms with Crippen LogP contribution in [0.2, 0.25) is 0 Å².